The molecule has 2 fully saturated rings. The van der Waals surface area contributed by atoms with Crippen LogP contribution in [0.5, 0.6) is 0 Å². The van der Waals surface area contributed by atoms with Gasteiger partial charge in [-0.25, -0.2) is 9.18 Å². The molecule has 8 nitrogen and oxygen atoms in total. The van der Waals surface area contributed by atoms with E-state index in [1.807, 2.05) is 4.90 Å². The Morgan fingerprint density at radius 1 is 1.15 bits per heavy atom. The van der Waals surface area contributed by atoms with E-state index in [2.05, 4.69) is 10.9 Å². The first kappa shape index (κ1) is 19.4. The van der Waals surface area contributed by atoms with Gasteiger partial charge >= 0.3 is 6.03 Å². The van der Waals surface area contributed by atoms with Gasteiger partial charge in [-0.2, -0.15) is 0 Å². The monoisotopic (exact) mass is 379 g/mol. The number of anilines is 1. The first-order chi connectivity index (χ1) is 13.0. The summed E-state index contributed by atoms with van der Waals surface area (Å²) in [6.45, 7) is 4.54. The van der Waals surface area contributed by atoms with Gasteiger partial charge in [0.15, 0.2) is 0 Å². The second-order valence-electron chi connectivity index (χ2n) is 6.91. The lowest BCUT2D eigenvalue weighted by Gasteiger charge is -2.38. The molecule has 3 rings (SSSR count). The molecule has 9 heteroatoms. The average Bonchev–Trinajstić information content (AvgIpc) is 3.16. The van der Waals surface area contributed by atoms with E-state index in [0.717, 1.165) is 6.42 Å². The lowest BCUT2D eigenvalue weighted by molar-refractivity contribution is -0.124. The number of likely N-dealkylation sites (tertiary alicyclic amines) is 1. The van der Waals surface area contributed by atoms with Gasteiger partial charge < -0.3 is 14.9 Å². The number of nitrogens with one attached hydrogen (secondary N) is 2. The number of nitrogens with zero attached hydrogens (tertiary/aromatic N) is 3. The molecule has 2 aliphatic rings. The highest BCUT2D eigenvalue weighted by molar-refractivity contribution is 5.88. The van der Waals surface area contributed by atoms with Crippen molar-refractivity contribution >= 4 is 17.6 Å². The van der Waals surface area contributed by atoms with Crippen LogP contribution in [0.1, 0.15) is 19.8 Å². The Hall–Kier alpha value is -2.39. The van der Waals surface area contributed by atoms with Crippen LogP contribution in [0.3, 0.4) is 0 Å². The van der Waals surface area contributed by atoms with Crippen LogP contribution >= 0.6 is 0 Å². The third-order valence-electron chi connectivity index (χ3n) is 5.09. The Labute approximate surface area is 157 Å². The summed E-state index contributed by atoms with van der Waals surface area (Å²) in [6.07, 6.45) is 0.856. The van der Waals surface area contributed by atoms with Crippen molar-refractivity contribution in [3.8, 4) is 0 Å². The molecule has 0 aromatic heterocycles. The number of aliphatic hydroxyl groups is 1. The average molecular weight is 379 g/mol. The lowest BCUT2D eigenvalue weighted by Crippen LogP contribution is -2.57. The van der Waals surface area contributed by atoms with Crippen LogP contribution in [0.25, 0.3) is 0 Å². The fourth-order valence-corrected chi connectivity index (χ4v) is 3.49. The Balaban J connectivity index is 1.53. The van der Waals surface area contributed by atoms with Crippen LogP contribution in [0.2, 0.25) is 0 Å². The molecule has 148 valence electrons. The summed E-state index contributed by atoms with van der Waals surface area (Å²) in [7, 11) is 0. The molecule has 0 radical (unpaired) electrons. The fraction of sp³-hybridized carbons (Fsp3) is 0.556. The Morgan fingerprint density at radius 2 is 1.81 bits per heavy atom. The maximum atomic E-state index is 12.9. The minimum absolute atomic E-state index is 0.139. The number of hydrazine groups is 1. The quantitative estimate of drug-likeness (QED) is 0.674. The largest absolute Gasteiger partial charge is 0.379 e. The van der Waals surface area contributed by atoms with Gasteiger partial charge in [0.05, 0.1) is 5.69 Å². The maximum Gasteiger partial charge on any atom is 0.320 e. The normalized spacial score (nSPS) is 21.8. The molecule has 0 spiro atoms. The van der Waals surface area contributed by atoms with Crippen LogP contribution in [-0.2, 0) is 4.79 Å². The number of halogens is 1. The van der Waals surface area contributed by atoms with Crippen molar-refractivity contribution < 1.29 is 19.1 Å². The highest BCUT2D eigenvalue weighted by Gasteiger charge is 2.37. The summed E-state index contributed by atoms with van der Waals surface area (Å²) < 4.78 is 12.9. The highest BCUT2D eigenvalue weighted by Crippen LogP contribution is 2.20. The first-order valence-electron chi connectivity index (χ1n) is 9.25. The summed E-state index contributed by atoms with van der Waals surface area (Å²) in [5.41, 5.74) is 5.92. The predicted octanol–water partition coefficient (Wildman–Crippen LogP) is 0.809. The number of amides is 3. The second-order valence-corrected chi connectivity index (χ2v) is 6.91. The molecule has 0 saturated carbocycles. The van der Waals surface area contributed by atoms with Crippen LogP contribution in [-0.4, -0.2) is 76.7 Å². The SMILES string of the molecule is CC(O)N1CCN(C(=O)N2CCCC2C(=O)NNc2ccc(F)cc2)CC1. The number of hydrogen-bond donors (Lipinski definition) is 3. The van der Waals surface area contributed by atoms with Crippen molar-refractivity contribution in [2.75, 3.05) is 38.1 Å². The summed E-state index contributed by atoms with van der Waals surface area (Å²) in [5.74, 6) is -0.636. The van der Waals surface area contributed by atoms with E-state index in [-0.39, 0.29) is 17.8 Å². The number of hydrogen-bond acceptors (Lipinski definition) is 5. The second kappa shape index (κ2) is 8.53. The zero-order valence-corrected chi connectivity index (χ0v) is 15.4. The zero-order chi connectivity index (χ0) is 19.4. The van der Waals surface area contributed by atoms with Gasteiger partial charge in [0.1, 0.15) is 18.1 Å². The van der Waals surface area contributed by atoms with E-state index in [1.165, 1.54) is 24.3 Å². The molecule has 2 saturated heterocycles. The van der Waals surface area contributed by atoms with Crippen LogP contribution < -0.4 is 10.9 Å². The number of rotatable bonds is 4. The number of benzene rings is 1. The molecule has 2 heterocycles. The zero-order valence-electron chi connectivity index (χ0n) is 15.4. The number of piperazine rings is 1. The van der Waals surface area contributed by atoms with Crippen molar-refractivity contribution in [3.05, 3.63) is 30.1 Å². The molecule has 1 aromatic rings. The third-order valence-corrected chi connectivity index (χ3v) is 5.09. The molecule has 0 bridgehead atoms. The Morgan fingerprint density at radius 3 is 2.44 bits per heavy atom. The van der Waals surface area contributed by atoms with Gasteiger partial charge in [-0.05, 0) is 44.0 Å². The van der Waals surface area contributed by atoms with Gasteiger partial charge in [-0.15, -0.1) is 0 Å². The fourth-order valence-electron chi connectivity index (χ4n) is 3.49. The molecule has 2 unspecified atom stereocenters. The van der Waals surface area contributed by atoms with Crippen molar-refractivity contribution in [2.24, 2.45) is 0 Å². The van der Waals surface area contributed by atoms with Gasteiger partial charge in [0, 0.05) is 32.7 Å². The number of carbonyl (C=O) groups is 2. The van der Waals surface area contributed by atoms with Gasteiger partial charge in [-0.3, -0.25) is 20.5 Å². The summed E-state index contributed by atoms with van der Waals surface area (Å²) in [5, 5.41) is 9.63. The third kappa shape index (κ3) is 4.67. The van der Waals surface area contributed by atoms with E-state index in [0.29, 0.717) is 44.8 Å². The van der Waals surface area contributed by atoms with Crippen LogP contribution in [0, 0.1) is 5.82 Å². The molecule has 3 amide bonds. The first-order valence-corrected chi connectivity index (χ1v) is 9.25. The highest BCUT2D eigenvalue weighted by atomic mass is 19.1. The van der Waals surface area contributed by atoms with Crippen molar-refractivity contribution in [1.82, 2.24) is 20.1 Å². The molecule has 27 heavy (non-hydrogen) atoms. The number of urea groups is 1. The molecule has 2 atom stereocenters. The number of carbonyl (C=O) groups excluding carboxylic acids is 2. The lowest BCUT2D eigenvalue weighted by atomic mass is 10.2. The molecular formula is C18H26FN5O3. The van der Waals surface area contributed by atoms with Gasteiger partial charge in [0.25, 0.3) is 5.91 Å². The molecule has 2 aliphatic heterocycles. The summed E-state index contributed by atoms with van der Waals surface area (Å²) >= 11 is 0. The molecular weight excluding hydrogens is 353 g/mol. The van der Waals surface area contributed by atoms with Crippen molar-refractivity contribution in [2.45, 2.75) is 32.0 Å². The maximum absolute atomic E-state index is 12.9. The van der Waals surface area contributed by atoms with Gasteiger partial charge in [-0.1, -0.05) is 0 Å². The van der Waals surface area contributed by atoms with E-state index in [1.54, 1.807) is 16.7 Å². The van der Waals surface area contributed by atoms with E-state index in [9.17, 15) is 19.1 Å². The smallest absolute Gasteiger partial charge is 0.320 e. The van der Waals surface area contributed by atoms with Crippen molar-refractivity contribution in [1.29, 1.82) is 0 Å². The van der Waals surface area contributed by atoms with Crippen LogP contribution in [0.4, 0.5) is 14.9 Å². The predicted molar refractivity (Wildman–Crippen MR) is 98.1 cm³/mol. The summed E-state index contributed by atoms with van der Waals surface area (Å²) in [4.78, 5) is 30.6. The topological polar surface area (TPSA) is 88.2 Å². The Kier molecular flexibility index (Phi) is 6.12. The Bertz CT molecular complexity index is 661. The standard InChI is InChI=1S/C18H26FN5O3/c1-13(25)22-9-11-23(12-10-22)18(27)24-8-2-3-16(24)17(26)21-20-15-6-4-14(19)5-7-15/h4-7,13,16,20,25H,2-3,8-12H2,1H3,(H,21,26). The molecule has 3 N–H and O–H groups in total. The van der Waals surface area contributed by atoms with E-state index in [4.69, 9.17) is 0 Å². The minimum atomic E-state index is -0.528. The van der Waals surface area contributed by atoms with E-state index < -0.39 is 12.3 Å². The molecule has 0 aliphatic carbocycles. The summed E-state index contributed by atoms with van der Waals surface area (Å²) in [6, 6.07) is 4.98. The van der Waals surface area contributed by atoms with Gasteiger partial charge in [0.2, 0.25) is 0 Å². The molecule has 1 aromatic carbocycles. The minimum Gasteiger partial charge on any atom is -0.379 e. The number of aliphatic hydroxyl groups excluding tert-OH is 1. The van der Waals surface area contributed by atoms with E-state index >= 15 is 0 Å². The van der Waals surface area contributed by atoms with Crippen LogP contribution in [0.15, 0.2) is 24.3 Å². The van der Waals surface area contributed by atoms with Crippen molar-refractivity contribution in [3.63, 3.8) is 0 Å².